The lowest BCUT2D eigenvalue weighted by atomic mass is 9.97. The van der Waals surface area contributed by atoms with Gasteiger partial charge in [0.05, 0.1) is 0 Å². The average molecular weight is 504 g/mol. The summed E-state index contributed by atoms with van der Waals surface area (Å²) in [4.78, 5) is 0. The van der Waals surface area contributed by atoms with Crippen molar-refractivity contribution in [2.75, 3.05) is 0 Å². The van der Waals surface area contributed by atoms with E-state index in [1.165, 1.54) is 0 Å². The van der Waals surface area contributed by atoms with Crippen molar-refractivity contribution in [2.45, 2.75) is 54.2 Å². The van der Waals surface area contributed by atoms with Gasteiger partial charge in [0, 0.05) is 0 Å². The highest BCUT2D eigenvalue weighted by molar-refractivity contribution is 5.09. The summed E-state index contributed by atoms with van der Waals surface area (Å²) in [6, 6.07) is 0. The molecule has 0 rings (SSSR count). The predicted octanol–water partition coefficient (Wildman–Crippen LogP) is 6.49. The van der Waals surface area contributed by atoms with Gasteiger partial charge in [-0.2, -0.15) is 87.8 Å². The number of hydrogen-bond acceptors (Lipinski definition) is 1. The maximum absolute atomic E-state index is 12.9. The van der Waals surface area contributed by atoms with E-state index in [0.717, 1.165) is 4.74 Å². The third kappa shape index (κ3) is 3.80. The summed E-state index contributed by atoms with van der Waals surface area (Å²) >= 11 is 0. The van der Waals surface area contributed by atoms with E-state index in [2.05, 4.69) is 0 Å². The van der Waals surface area contributed by atoms with Gasteiger partial charge in [-0.25, -0.2) is 4.74 Å². The molecule has 0 bridgehead atoms. The minimum Gasteiger partial charge on any atom is -0.245 e. The van der Waals surface area contributed by atoms with Crippen molar-refractivity contribution in [1.29, 1.82) is 0 Å². The van der Waals surface area contributed by atoms with Crippen LogP contribution in [0.4, 0.5) is 87.8 Å². The van der Waals surface area contributed by atoms with Gasteiger partial charge in [0.15, 0.2) is 0 Å². The lowest BCUT2D eigenvalue weighted by Crippen LogP contribution is -2.71. The lowest BCUT2D eigenvalue weighted by molar-refractivity contribution is -0.522. The van der Waals surface area contributed by atoms with Gasteiger partial charge in [0.25, 0.3) is 0 Å². The molecule has 182 valence electrons. The van der Waals surface area contributed by atoms with Gasteiger partial charge in [-0.15, -0.1) is 0 Å². The van der Waals surface area contributed by atoms with Crippen molar-refractivity contribution < 1.29 is 92.5 Å². The molecule has 0 spiro atoms. The molecule has 0 fully saturated rings. The number of hydrogen-bond donors (Lipinski definition) is 0. The van der Waals surface area contributed by atoms with Crippen LogP contribution in [0.1, 0.15) is 0 Å². The van der Waals surface area contributed by atoms with E-state index in [0.29, 0.717) is 0 Å². The van der Waals surface area contributed by atoms with Crippen molar-refractivity contribution in [3.63, 3.8) is 0 Å². The van der Waals surface area contributed by atoms with Crippen molar-refractivity contribution in [1.82, 2.24) is 0 Å². The molecular weight excluding hydrogens is 504 g/mol. The first-order valence-electron chi connectivity index (χ1n) is 5.94. The molecule has 0 amide bonds. The lowest BCUT2D eigenvalue weighted by Gasteiger charge is -2.40. The zero-order valence-electron chi connectivity index (χ0n) is 12.5. The smallest absolute Gasteiger partial charge is 0.245 e. The van der Waals surface area contributed by atoms with E-state index < -0.39 is 54.2 Å². The number of rotatable bonds is 7. The summed E-state index contributed by atoms with van der Waals surface area (Å²) in [7, 11) is 0. The Morgan fingerprint density at radius 3 is 0.767 bits per heavy atom. The summed E-state index contributed by atoms with van der Waals surface area (Å²) in [5.41, 5.74) is 0. The normalized spacial score (nSPS) is 16.8. The third-order valence-electron chi connectivity index (χ3n) is 2.88. The molecule has 0 unspecified atom stereocenters. The molecule has 0 saturated carbocycles. The standard InChI is InChI=1S/C9F20O/c10-1(11,3(14,15)6(20,21)22)2(12,13)4(16,17)8(26,27)30-9(28,29)5(18,19)7(23,24)25. The second-order valence-corrected chi connectivity index (χ2v) is 5.00. The minimum absolute atomic E-state index is 0.935. The van der Waals surface area contributed by atoms with Gasteiger partial charge in [-0.1, -0.05) is 0 Å². The van der Waals surface area contributed by atoms with Crippen molar-refractivity contribution in [3.05, 3.63) is 0 Å². The molecule has 0 aliphatic rings. The molecule has 0 aromatic heterocycles. The van der Waals surface area contributed by atoms with E-state index in [4.69, 9.17) is 0 Å². The molecule has 0 atom stereocenters. The van der Waals surface area contributed by atoms with Crippen LogP contribution in [0.15, 0.2) is 0 Å². The first kappa shape index (κ1) is 28.6. The van der Waals surface area contributed by atoms with Crippen LogP contribution in [0.5, 0.6) is 0 Å². The number of halogens is 20. The molecule has 0 aliphatic carbocycles. The van der Waals surface area contributed by atoms with Crippen molar-refractivity contribution in [2.24, 2.45) is 0 Å². The molecule has 0 radical (unpaired) electrons. The maximum atomic E-state index is 12.9. The fourth-order valence-electron chi connectivity index (χ4n) is 1.21. The summed E-state index contributed by atoms with van der Waals surface area (Å²) < 4.78 is 249. The fraction of sp³-hybridized carbons (Fsp3) is 1.00. The van der Waals surface area contributed by atoms with Crippen LogP contribution in [0.25, 0.3) is 0 Å². The molecule has 0 aliphatic heterocycles. The van der Waals surface area contributed by atoms with Crippen LogP contribution in [-0.2, 0) is 4.74 Å². The van der Waals surface area contributed by atoms with Crippen molar-refractivity contribution >= 4 is 0 Å². The topological polar surface area (TPSA) is 9.23 Å². The highest BCUT2D eigenvalue weighted by atomic mass is 19.4. The molecule has 0 heterocycles. The zero-order chi connectivity index (χ0) is 25.2. The molecule has 30 heavy (non-hydrogen) atoms. The van der Waals surface area contributed by atoms with Crippen LogP contribution in [0, 0.1) is 0 Å². The van der Waals surface area contributed by atoms with Gasteiger partial charge >= 0.3 is 54.2 Å². The maximum Gasteiger partial charge on any atom is 0.462 e. The van der Waals surface area contributed by atoms with Crippen LogP contribution in [0.3, 0.4) is 0 Å². The second kappa shape index (κ2) is 6.78. The monoisotopic (exact) mass is 504 g/mol. The van der Waals surface area contributed by atoms with E-state index >= 15 is 0 Å². The van der Waals surface area contributed by atoms with Gasteiger partial charge in [-0.05, 0) is 0 Å². The Kier molecular flexibility index (Phi) is 6.45. The Balaban J connectivity index is 6.46. The van der Waals surface area contributed by atoms with Gasteiger partial charge < -0.3 is 0 Å². The predicted molar refractivity (Wildman–Crippen MR) is 47.8 cm³/mol. The van der Waals surface area contributed by atoms with Crippen LogP contribution in [-0.4, -0.2) is 54.2 Å². The molecule has 1 nitrogen and oxygen atoms in total. The number of ether oxygens (including phenoxy) is 1. The fourth-order valence-corrected chi connectivity index (χ4v) is 1.21. The summed E-state index contributed by atoms with van der Waals surface area (Å²) in [5, 5.41) is 0. The molecule has 0 aromatic rings. The largest absolute Gasteiger partial charge is 0.462 e. The quantitative estimate of drug-likeness (QED) is 0.361. The highest BCUT2D eigenvalue weighted by Gasteiger charge is 2.92. The van der Waals surface area contributed by atoms with Gasteiger partial charge in [0.2, 0.25) is 0 Å². The minimum atomic E-state index is -8.73. The summed E-state index contributed by atoms with van der Waals surface area (Å²) in [6.07, 6.45) is -31.7. The first-order valence-corrected chi connectivity index (χ1v) is 5.94. The van der Waals surface area contributed by atoms with E-state index in [1.54, 1.807) is 0 Å². The molecular formula is C9F20O. The third-order valence-corrected chi connectivity index (χ3v) is 2.88. The Morgan fingerprint density at radius 2 is 0.500 bits per heavy atom. The SMILES string of the molecule is FC(F)(F)C(F)(F)C(F)(F)OC(F)(F)C(F)(F)C(F)(F)C(F)(F)C(F)(F)C(F)(F)F. The van der Waals surface area contributed by atoms with Gasteiger partial charge in [-0.3, -0.25) is 0 Å². The molecule has 0 N–H and O–H groups in total. The Labute approximate surface area is 148 Å². The van der Waals surface area contributed by atoms with Crippen LogP contribution >= 0.6 is 0 Å². The Hall–Kier alpha value is -1.44. The van der Waals surface area contributed by atoms with Crippen LogP contribution < -0.4 is 0 Å². The molecule has 21 heteroatoms. The Bertz CT molecular complexity index is 621. The van der Waals surface area contributed by atoms with E-state index in [-0.39, 0.29) is 0 Å². The molecule has 0 aromatic carbocycles. The second-order valence-electron chi connectivity index (χ2n) is 5.00. The number of alkyl halides is 20. The molecule has 0 saturated heterocycles. The van der Waals surface area contributed by atoms with E-state index in [9.17, 15) is 87.8 Å². The highest BCUT2D eigenvalue weighted by Crippen LogP contribution is 2.61. The average Bonchev–Trinajstić information content (AvgIpc) is 2.42. The van der Waals surface area contributed by atoms with Crippen molar-refractivity contribution in [3.8, 4) is 0 Å². The Morgan fingerprint density at radius 1 is 0.267 bits per heavy atom. The van der Waals surface area contributed by atoms with E-state index in [1.807, 2.05) is 0 Å². The summed E-state index contributed by atoms with van der Waals surface area (Å²) in [6.45, 7) is 0. The summed E-state index contributed by atoms with van der Waals surface area (Å²) in [5.74, 6) is -42.2. The first-order chi connectivity index (χ1) is 12.5. The van der Waals surface area contributed by atoms with Crippen LogP contribution in [0.2, 0.25) is 0 Å². The van der Waals surface area contributed by atoms with Gasteiger partial charge in [0.1, 0.15) is 0 Å². The zero-order valence-corrected chi connectivity index (χ0v) is 12.5.